The molecule has 4 rings (SSSR count). The van der Waals surface area contributed by atoms with E-state index in [-0.39, 0.29) is 5.88 Å². The SMILES string of the molecule is Cc1ccc(-c2nc(-c3ccccc3Cl)nn2C)cc1Oc1ccc(C(F)(F)F)cn1. The van der Waals surface area contributed by atoms with Crippen LogP contribution in [0.4, 0.5) is 13.2 Å². The van der Waals surface area contributed by atoms with E-state index in [1.807, 2.05) is 37.3 Å². The molecular formula is C22H16ClF3N4O. The molecule has 0 fully saturated rings. The number of hydrogen-bond acceptors (Lipinski definition) is 4. The summed E-state index contributed by atoms with van der Waals surface area (Å²) in [6, 6.07) is 14.8. The van der Waals surface area contributed by atoms with E-state index >= 15 is 0 Å². The first-order chi connectivity index (χ1) is 14.7. The van der Waals surface area contributed by atoms with E-state index in [0.29, 0.717) is 28.0 Å². The topological polar surface area (TPSA) is 52.8 Å². The van der Waals surface area contributed by atoms with Crippen LogP contribution >= 0.6 is 11.6 Å². The van der Waals surface area contributed by atoms with Crippen LogP contribution in [0.1, 0.15) is 11.1 Å². The van der Waals surface area contributed by atoms with Gasteiger partial charge in [0.2, 0.25) is 5.88 Å². The zero-order valence-electron chi connectivity index (χ0n) is 16.5. The van der Waals surface area contributed by atoms with Gasteiger partial charge >= 0.3 is 6.18 Å². The minimum Gasteiger partial charge on any atom is -0.439 e. The average molecular weight is 445 g/mol. The van der Waals surface area contributed by atoms with E-state index in [9.17, 15) is 13.2 Å². The quantitative estimate of drug-likeness (QED) is 0.370. The maximum absolute atomic E-state index is 12.7. The van der Waals surface area contributed by atoms with E-state index in [4.69, 9.17) is 16.3 Å². The molecule has 0 aliphatic carbocycles. The van der Waals surface area contributed by atoms with Crippen molar-refractivity contribution in [1.29, 1.82) is 0 Å². The molecule has 9 heteroatoms. The molecule has 31 heavy (non-hydrogen) atoms. The van der Waals surface area contributed by atoms with Crippen molar-refractivity contribution in [3.8, 4) is 34.4 Å². The van der Waals surface area contributed by atoms with Crippen molar-refractivity contribution < 1.29 is 17.9 Å². The minimum atomic E-state index is -4.45. The molecule has 2 heterocycles. The van der Waals surface area contributed by atoms with Crippen molar-refractivity contribution in [3.63, 3.8) is 0 Å². The number of rotatable bonds is 4. The second-order valence-corrected chi connectivity index (χ2v) is 7.23. The third kappa shape index (κ3) is 4.39. The van der Waals surface area contributed by atoms with Crippen LogP contribution in [0.2, 0.25) is 5.02 Å². The Morgan fingerprint density at radius 3 is 2.48 bits per heavy atom. The summed E-state index contributed by atoms with van der Waals surface area (Å²) in [5.41, 5.74) is 1.39. The summed E-state index contributed by atoms with van der Waals surface area (Å²) in [7, 11) is 1.76. The number of alkyl halides is 3. The van der Waals surface area contributed by atoms with Crippen molar-refractivity contribution in [2.24, 2.45) is 7.05 Å². The number of aryl methyl sites for hydroxylation is 2. The van der Waals surface area contributed by atoms with E-state index in [1.54, 1.807) is 23.9 Å². The van der Waals surface area contributed by atoms with Crippen molar-refractivity contribution in [1.82, 2.24) is 19.7 Å². The standard InChI is InChI=1S/C22H16ClF3N4O/c1-13-7-8-14(11-18(13)31-19-10-9-15(12-27-19)22(24,25)26)21-28-20(29-30(21)2)16-5-3-4-6-17(16)23/h3-12H,1-2H3. The summed E-state index contributed by atoms with van der Waals surface area (Å²) in [6.45, 7) is 1.83. The van der Waals surface area contributed by atoms with Crippen LogP contribution in [0.25, 0.3) is 22.8 Å². The van der Waals surface area contributed by atoms with E-state index in [1.165, 1.54) is 6.07 Å². The van der Waals surface area contributed by atoms with Gasteiger partial charge < -0.3 is 4.74 Å². The van der Waals surface area contributed by atoms with E-state index in [2.05, 4.69) is 15.1 Å². The number of benzene rings is 2. The molecule has 2 aromatic carbocycles. The van der Waals surface area contributed by atoms with Gasteiger partial charge in [0.25, 0.3) is 0 Å². The molecule has 0 amide bonds. The number of pyridine rings is 1. The van der Waals surface area contributed by atoms with Gasteiger partial charge in [-0.1, -0.05) is 35.9 Å². The Kier molecular flexibility index (Phi) is 5.41. The van der Waals surface area contributed by atoms with Crippen molar-refractivity contribution >= 4 is 11.6 Å². The molecule has 2 aromatic heterocycles. The molecule has 5 nitrogen and oxygen atoms in total. The molecule has 0 aliphatic heterocycles. The first-order valence-corrected chi connectivity index (χ1v) is 9.58. The van der Waals surface area contributed by atoms with Gasteiger partial charge in [0.1, 0.15) is 5.75 Å². The molecule has 0 unspecified atom stereocenters. The van der Waals surface area contributed by atoms with Crippen molar-refractivity contribution in [2.75, 3.05) is 0 Å². The first-order valence-electron chi connectivity index (χ1n) is 9.20. The fraction of sp³-hybridized carbons (Fsp3) is 0.136. The van der Waals surface area contributed by atoms with Crippen LogP contribution in [0.15, 0.2) is 60.8 Å². The van der Waals surface area contributed by atoms with Gasteiger partial charge in [0, 0.05) is 30.4 Å². The molecule has 158 valence electrons. The smallest absolute Gasteiger partial charge is 0.417 e. The molecule has 0 aliphatic rings. The number of nitrogens with zero attached hydrogens (tertiary/aromatic N) is 4. The highest BCUT2D eigenvalue weighted by atomic mass is 35.5. The second kappa shape index (κ2) is 8.03. The fourth-order valence-corrected chi connectivity index (χ4v) is 3.18. The van der Waals surface area contributed by atoms with Crippen LogP contribution in [-0.4, -0.2) is 19.7 Å². The van der Waals surface area contributed by atoms with Crippen molar-refractivity contribution in [2.45, 2.75) is 13.1 Å². The lowest BCUT2D eigenvalue weighted by molar-refractivity contribution is -0.137. The first kappa shape index (κ1) is 20.9. The molecular weight excluding hydrogens is 429 g/mol. The van der Waals surface area contributed by atoms with Gasteiger partial charge in [0.05, 0.1) is 10.6 Å². The highest BCUT2D eigenvalue weighted by molar-refractivity contribution is 6.33. The third-order valence-corrected chi connectivity index (χ3v) is 4.93. The minimum absolute atomic E-state index is 0.0583. The lowest BCUT2D eigenvalue weighted by Gasteiger charge is -2.11. The number of ether oxygens (including phenoxy) is 1. The Bertz CT molecular complexity index is 1240. The van der Waals surface area contributed by atoms with Gasteiger partial charge in [-0.05, 0) is 36.8 Å². The second-order valence-electron chi connectivity index (χ2n) is 6.83. The summed E-state index contributed by atoms with van der Waals surface area (Å²) in [5, 5.41) is 4.99. The van der Waals surface area contributed by atoms with Crippen LogP contribution < -0.4 is 4.74 Å². The number of halogens is 4. The number of aromatic nitrogens is 4. The Balaban J connectivity index is 1.65. The predicted molar refractivity (Wildman–Crippen MR) is 111 cm³/mol. The third-order valence-electron chi connectivity index (χ3n) is 4.60. The lowest BCUT2D eigenvalue weighted by atomic mass is 10.1. The lowest BCUT2D eigenvalue weighted by Crippen LogP contribution is -2.05. The Labute approximate surface area is 181 Å². The molecule has 0 spiro atoms. The van der Waals surface area contributed by atoms with E-state index in [0.717, 1.165) is 23.4 Å². The van der Waals surface area contributed by atoms with Crippen molar-refractivity contribution in [3.05, 3.63) is 76.9 Å². The Hall–Kier alpha value is -3.39. The summed E-state index contributed by atoms with van der Waals surface area (Å²) < 4.78 is 45.6. The molecule has 0 saturated heterocycles. The van der Waals surface area contributed by atoms with Gasteiger partial charge in [-0.25, -0.2) is 14.6 Å². The summed E-state index contributed by atoms with van der Waals surface area (Å²) in [4.78, 5) is 8.36. The largest absolute Gasteiger partial charge is 0.439 e. The van der Waals surface area contributed by atoms with Gasteiger partial charge in [-0.3, -0.25) is 0 Å². The molecule has 0 bridgehead atoms. The van der Waals surface area contributed by atoms with Crippen LogP contribution in [0, 0.1) is 6.92 Å². The summed E-state index contributed by atoms with van der Waals surface area (Å²) in [6.07, 6.45) is -3.71. The monoisotopic (exact) mass is 444 g/mol. The van der Waals surface area contributed by atoms with Gasteiger partial charge in [0.15, 0.2) is 11.6 Å². The molecule has 0 saturated carbocycles. The number of hydrogen-bond donors (Lipinski definition) is 0. The maximum Gasteiger partial charge on any atom is 0.417 e. The molecule has 4 aromatic rings. The normalized spacial score (nSPS) is 11.5. The molecule has 0 N–H and O–H groups in total. The van der Waals surface area contributed by atoms with Crippen LogP contribution in [-0.2, 0) is 13.2 Å². The predicted octanol–water partition coefficient (Wildman–Crippen LogP) is 6.32. The van der Waals surface area contributed by atoms with Gasteiger partial charge in [-0.2, -0.15) is 18.3 Å². The zero-order valence-corrected chi connectivity index (χ0v) is 17.2. The highest BCUT2D eigenvalue weighted by Crippen LogP contribution is 2.33. The maximum atomic E-state index is 12.7. The van der Waals surface area contributed by atoms with Crippen LogP contribution in [0.3, 0.4) is 0 Å². The molecule has 0 radical (unpaired) electrons. The fourth-order valence-electron chi connectivity index (χ4n) is 2.96. The highest BCUT2D eigenvalue weighted by Gasteiger charge is 2.30. The van der Waals surface area contributed by atoms with E-state index < -0.39 is 11.7 Å². The Morgan fingerprint density at radius 2 is 1.81 bits per heavy atom. The summed E-state index contributed by atoms with van der Waals surface area (Å²) >= 11 is 6.26. The summed E-state index contributed by atoms with van der Waals surface area (Å²) in [5.74, 6) is 1.57. The Morgan fingerprint density at radius 1 is 1.03 bits per heavy atom. The molecule has 0 atom stereocenters. The van der Waals surface area contributed by atoms with Crippen LogP contribution in [0.5, 0.6) is 11.6 Å². The zero-order chi connectivity index (χ0) is 22.2. The van der Waals surface area contributed by atoms with Gasteiger partial charge in [-0.15, -0.1) is 0 Å². The average Bonchev–Trinajstić information content (AvgIpc) is 3.11.